The Morgan fingerprint density at radius 3 is 2.08 bits per heavy atom. The molecule has 0 radical (unpaired) electrons. The lowest BCUT2D eigenvalue weighted by atomic mass is 9.84. The maximum absolute atomic E-state index is 3.30. The minimum Gasteiger partial charge on any atom is -0.305 e. The van der Waals surface area contributed by atoms with Crippen molar-refractivity contribution in [2.45, 2.75) is 38.9 Å². The van der Waals surface area contributed by atoms with E-state index in [9.17, 15) is 0 Å². The van der Waals surface area contributed by atoms with Crippen LogP contribution in [0.5, 0.6) is 0 Å². The van der Waals surface area contributed by atoms with E-state index in [1.807, 2.05) is 14.1 Å². The Kier molecular flexibility index (Phi) is 5.79. The molecule has 0 unspecified atom stereocenters. The first kappa shape index (κ1) is 12.1. The first-order valence-electron chi connectivity index (χ1n) is 4.93. The number of rotatable bonds is 6. The van der Waals surface area contributed by atoms with E-state index >= 15 is 0 Å². The predicted octanol–water partition coefficient (Wildman–Crippen LogP) is 0.341. The van der Waals surface area contributed by atoms with Crippen molar-refractivity contribution >= 4 is 10.2 Å². The van der Waals surface area contributed by atoms with Crippen LogP contribution in [0, 0.1) is 5.41 Å². The number of nitrogens with one attached hydrogen (secondary N) is 2. The first-order valence-corrected chi connectivity index (χ1v) is 6.34. The van der Waals surface area contributed by atoms with Crippen LogP contribution in [0.15, 0.2) is 0 Å². The van der Waals surface area contributed by atoms with Gasteiger partial charge >= 0.3 is 0 Å². The summed E-state index contributed by atoms with van der Waals surface area (Å²) in [5.74, 6) is 0. The summed E-state index contributed by atoms with van der Waals surface area (Å²) in [5.41, 5.74) is 0.369. The fraction of sp³-hybridized carbons (Fsp3) is 1.00. The Hall–Kier alpha value is 0.137. The van der Waals surface area contributed by atoms with Gasteiger partial charge in [-0.15, -0.1) is 0 Å². The van der Waals surface area contributed by atoms with Crippen LogP contribution in [-0.2, 0) is 0 Å². The average Bonchev–Trinajstić information content (AvgIpc) is 2.03. The Balaban J connectivity index is 3.96. The molecule has 0 aliphatic heterocycles. The molecule has 0 spiro atoms. The zero-order chi connectivity index (χ0) is 9.61. The van der Waals surface area contributed by atoms with Gasteiger partial charge in [0, 0.05) is 10.2 Å². The largest absolute Gasteiger partial charge is 0.305 e. The molecule has 0 fully saturated rings. The van der Waals surface area contributed by atoms with Gasteiger partial charge in [0.15, 0.2) is 0 Å². The maximum Gasteiger partial charge on any atom is 0.0619 e. The van der Waals surface area contributed by atoms with Gasteiger partial charge in [0.05, 0.1) is 6.17 Å². The molecule has 2 nitrogen and oxygen atoms in total. The summed E-state index contributed by atoms with van der Waals surface area (Å²) in [7, 11) is 5.38. The molecule has 0 amide bonds. The lowest BCUT2D eigenvalue weighted by Crippen LogP contribution is -2.49. The van der Waals surface area contributed by atoms with Crippen molar-refractivity contribution in [3.05, 3.63) is 0 Å². The van der Waals surface area contributed by atoms with Crippen LogP contribution in [0.3, 0.4) is 0 Å². The highest BCUT2D eigenvalue weighted by molar-refractivity contribution is 6.08. The molecule has 0 aromatic carbocycles. The zero-order valence-electron chi connectivity index (χ0n) is 9.20. The topological polar surface area (TPSA) is 24.1 Å². The minimum absolute atomic E-state index is 0.369. The molecule has 0 saturated carbocycles. The Morgan fingerprint density at radius 2 is 1.75 bits per heavy atom. The van der Waals surface area contributed by atoms with E-state index in [0.29, 0.717) is 11.6 Å². The summed E-state index contributed by atoms with van der Waals surface area (Å²) in [5, 5.41) is 6.60. The van der Waals surface area contributed by atoms with Crippen LogP contribution in [0.25, 0.3) is 0 Å². The lowest BCUT2D eigenvalue weighted by Gasteiger charge is -2.34. The molecule has 2 N–H and O–H groups in total. The third-order valence-corrected chi connectivity index (χ3v) is 3.24. The van der Waals surface area contributed by atoms with Gasteiger partial charge in [-0.3, -0.25) is 0 Å². The van der Waals surface area contributed by atoms with Crippen molar-refractivity contribution in [1.29, 1.82) is 0 Å². The second kappa shape index (κ2) is 5.73. The highest BCUT2D eigenvalue weighted by atomic mass is 28.1. The average molecular weight is 188 g/mol. The monoisotopic (exact) mass is 188 g/mol. The first-order chi connectivity index (χ1) is 5.58. The molecular formula is C9H24N2Si. The van der Waals surface area contributed by atoms with Gasteiger partial charge in [-0.05, 0) is 25.9 Å². The van der Waals surface area contributed by atoms with Crippen LogP contribution in [-0.4, -0.2) is 30.5 Å². The summed E-state index contributed by atoms with van der Waals surface area (Å²) < 4.78 is 0. The van der Waals surface area contributed by atoms with Gasteiger partial charge in [0.1, 0.15) is 0 Å². The summed E-state index contributed by atoms with van der Waals surface area (Å²) in [6, 6.07) is 1.42. The molecular weight excluding hydrogens is 164 g/mol. The molecule has 0 bridgehead atoms. The van der Waals surface area contributed by atoms with Gasteiger partial charge in [0.25, 0.3) is 0 Å². The Bertz CT molecular complexity index is 111. The van der Waals surface area contributed by atoms with Crippen molar-refractivity contribution in [2.75, 3.05) is 14.1 Å². The number of hydrogen-bond donors (Lipinski definition) is 2. The Morgan fingerprint density at radius 1 is 1.25 bits per heavy atom. The molecule has 74 valence electrons. The van der Waals surface area contributed by atoms with E-state index in [-0.39, 0.29) is 0 Å². The summed E-state index contributed by atoms with van der Waals surface area (Å²) in [6.07, 6.45) is 3.12. The van der Waals surface area contributed by atoms with Gasteiger partial charge in [-0.25, -0.2) is 0 Å². The van der Waals surface area contributed by atoms with Crippen LogP contribution >= 0.6 is 0 Å². The van der Waals surface area contributed by atoms with E-state index in [4.69, 9.17) is 0 Å². The van der Waals surface area contributed by atoms with E-state index < -0.39 is 0 Å². The van der Waals surface area contributed by atoms with Gasteiger partial charge in [0.2, 0.25) is 0 Å². The van der Waals surface area contributed by atoms with Gasteiger partial charge in [-0.1, -0.05) is 26.3 Å². The normalized spacial score (nSPS) is 12.8. The zero-order valence-corrected chi connectivity index (χ0v) is 11.2. The minimum atomic E-state index is 0.369. The van der Waals surface area contributed by atoms with Crippen molar-refractivity contribution < 1.29 is 0 Å². The Labute approximate surface area is 79.9 Å². The molecule has 0 atom stereocenters. The van der Waals surface area contributed by atoms with E-state index in [0.717, 1.165) is 0 Å². The van der Waals surface area contributed by atoms with Crippen molar-refractivity contribution in [1.82, 2.24) is 10.6 Å². The van der Waals surface area contributed by atoms with Gasteiger partial charge in [-0.2, -0.15) is 0 Å². The third kappa shape index (κ3) is 3.69. The summed E-state index contributed by atoms with van der Waals surface area (Å²) in [6.45, 7) is 4.64. The van der Waals surface area contributed by atoms with Crippen molar-refractivity contribution in [3.8, 4) is 0 Å². The van der Waals surface area contributed by atoms with E-state index in [1.165, 1.54) is 29.1 Å². The molecule has 0 heterocycles. The molecule has 0 aromatic rings. The fourth-order valence-corrected chi connectivity index (χ4v) is 2.06. The smallest absolute Gasteiger partial charge is 0.0619 e. The molecule has 0 aliphatic rings. The molecule has 0 aliphatic carbocycles. The molecule has 0 rings (SSSR count). The quantitative estimate of drug-likeness (QED) is 0.464. The molecule has 0 aromatic heterocycles. The summed E-state index contributed by atoms with van der Waals surface area (Å²) >= 11 is 0. The molecule has 3 heteroatoms. The fourth-order valence-electron chi connectivity index (χ4n) is 1.70. The van der Waals surface area contributed by atoms with E-state index in [1.54, 1.807) is 0 Å². The lowest BCUT2D eigenvalue weighted by molar-refractivity contribution is 0.204. The molecule has 0 saturated heterocycles. The van der Waals surface area contributed by atoms with Gasteiger partial charge < -0.3 is 10.6 Å². The van der Waals surface area contributed by atoms with Crippen LogP contribution < -0.4 is 10.6 Å². The standard InChI is InChI=1S/C9H24N2Si/c1-9(2,6-5-7-12)8(10-3)11-4/h8,10-11H,5-7H2,1-4,12H3. The summed E-state index contributed by atoms with van der Waals surface area (Å²) in [4.78, 5) is 0. The highest BCUT2D eigenvalue weighted by Gasteiger charge is 2.25. The van der Waals surface area contributed by atoms with E-state index in [2.05, 4.69) is 24.5 Å². The number of hydrogen-bond acceptors (Lipinski definition) is 2. The second-order valence-electron chi connectivity index (χ2n) is 4.10. The maximum atomic E-state index is 3.30. The van der Waals surface area contributed by atoms with Crippen molar-refractivity contribution in [3.63, 3.8) is 0 Å². The predicted molar refractivity (Wildman–Crippen MR) is 59.7 cm³/mol. The second-order valence-corrected chi connectivity index (χ2v) is 5.10. The third-order valence-electron chi connectivity index (χ3n) is 2.53. The van der Waals surface area contributed by atoms with Crippen LogP contribution in [0.4, 0.5) is 0 Å². The SMILES string of the molecule is CNC(NC)C(C)(C)CCC[SiH3]. The van der Waals surface area contributed by atoms with Crippen LogP contribution in [0.2, 0.25) is 6.04 Å². The van der Waals surface area contributed by atoms with Crippen LogP contribution in [0.1, 0.15) is 26.7 Å². The highest BCUT2D eigenvalue weighted by Crippen LogP contribution is 2.25. The van der Waals surface area contributed by atoms with Crippen molar-refractivity contribution in [2.24, 2.45) is 5.41 Å². The molecule has 12 heavy (non-hydrogen) atoms.